The lowest BCUT2D eigenvalue weighted by Gasteiger charge is -2.08. The van der Waals surface area contributed by atoms with Crippen LogP contribution in [0.4, 0.5) is 5.82 Å². The van der Waals surface area contributed by atoms with Crippen LogP contribution < -0.4 is 5.73 Å². The highest BCUT2D eigenvalue weighted by Crippen LogP contribution is 2.48. The maximum Gasteiger partial charge on any atom is 0.121 e. The highest BCUT2D eigenvalue weighted by molar-refractivity contribution is 5.35. The van der Waals surface area contributed by atoms with Crippen LogP contribution in [-0.4, -0.2) is 16.9 Å². The first-order valence-electron chi connectivity index (χ1n) is 4.03. The van der Waals surface area contributed by atoms with Gasteiger partial charge in [-0.15, -0.1) is 0 Å². The fourth-order valence-corrected chi connectivity index (χ4v) is 1.38. The van der Waals surface area contributed by atoms with Crippen molar-refractivity contribution in [3.05, 3.63) is 11.8 Å². The van der Waals surface area contributed by atoms with Crippen molar-refractivity contribution in [2.24, 2.45) is 7.05 Å². The molecule has 0 aromatic carbocycles. The first-order chi connectivity index (χ1) is 5.68. The average Bonchev–Trinajstić information content (AvgIpc) is 2.77. The number of rotatable bonds is 2. The maximum absolute atomic E-state index is 5.66. The van der Waals surface area contributed by atoms with E-state index in [1.54, 1.807) is 11.8 Å². The number of anilines is 1. The summed E-state index contributed by atoms with van der Waals surface area (Å²) in [5.41, 5.74) is 6.51. The standard InChI is InChI=1S/C8H13N3O/c1-11-7(9)5-6(10-11)8(12-2)3-4-8/h5H,3-4,9H2,1-2H3. The molecule has 0 unspecified atom stereocenters. The van der Waals surface area contributed by atoms with Gasteiger partial charge in [-0.05, 0) is 12.8 Å². The molecule has 4 nitrogen and oxygen atoms in total. The Balaban J connectivity index is 2.34. The lowest BCUT2D eigenvalue weighted by atomic mass is 10.2. The van der Waals surface area contributed by atoms with Crippen LogP contribution >= 0.6 is 0 Å². The van der Waals surface area contributed by atoms with Gasteiger partial charge >= 0.3 is 0 Å². The molecule has 0 aliphatic heterocycles. The Kier molecular flexibility index (Phi) is 1.41. The van der Waals surface area contributed by atoms with E-state index in [1.807, 2.05) is 13.1 Å². The van der Waals surface area contributed by atoms with E-state index in [9.17, 15) is 0 Å². The Morgan fingerprint density at radius 2 is 2.33 bits per heavy atom. The van der Waals surface area contributed by atoms with Crippen molar-refractivity contribution in [2.45, 2.75) is 18.4 Å². The van der Waals surface area contributed by atoms with Gasteiger partial charge in [-0.1, -0.05) is 0 Å². The topological polar surface area (TPSA) is 53.1 Å². The Morgan fingerprint density at radius 1 is 1.67 bits per heavy atom. The van der Waals surface area contributed by atoms with E-state index in [-0.39, 0.29) is 5.60 Å². The predicted molar refractivity (Wildman–Crippen MR) is 45.5 cm³/mol. The zero-order valence-electron chi connectivity index (χ0n) is 7.37. The van der Waals surface area contributed by atoms with Crippen molar-refractivity contribution in [1.82, 2.24) is 9.78 Å². The zero-order valence-corrected chi connectivity index (χ0v) is 7.37. The number of nitrogen functional groups attached to an aromatic ring is 1. The van der Waals surface area contributed by atoms with Gasteiger partial charge in [-0.3, -0.25) is 4.68 Å². The number of hydrogen-bond donors (Lipinski definition) is 1. The van der Waals surface area contributed by atoms with Crippen molar-refractivity contribution in [3.8, 4) is 0 Å². The van der Waals surface area contributed by atoms with E-state index in [1.165, 1.54) is 0 Å². The Morgan fingerprint density at radius 3 is 2.67 bits per heavy atom. The molecule has 0 radical (unpaired) electrons. The third-order valence-corrected chi connectivity index (χ3v) is 2.48. The van der Waals surface area contributed by atoms with Crippen LogP contribution in [0.25, 0.3) is 0 Å². The highest BCUT2D eigenvalue weighted by Gasteiger charge is 2.47. The van der Waals surface area contributed by atoms with Gasteiger partial charge in [-0.2, -0.15) is 5.10 Å². The van der Waals surface area contributed by atoms with Crippen molar-refractivity contribution >= 4 is 5.82 Å². The number of ether oxygens (including phenoxy) is 1. The van der Waals surface area contributed by atoms with Crippen LogP contribution in [-0.2, 0) is 17.4 Å². The summed E-state index contributed by atoms with van der Waals surface area (Å²) in [6.45, 7) is 0. The molecular weight excluding hydrogens is 154 g/mol. The lowest BCUT2D eigenvalue weighted by Crippen LogP contribution is -2.10. The third kappa shape index (κ3) is 0.914. The maximum atomic E-state index is 5.66. The van der Waals surface area contributed by atoms with Crippen molar-refractivity contribution in [3.63, 3.8) is 0 Å². The number of nitrogens with zero attached hydrogens (tertiary/aromatic N) is 2. The second-order valence-corrected chi connectivity index (χ2v) is 3.28. The average molecular weight is 167 g/mol. The third-order valence-electron chi connectivity index (χ3n) is 2.48. The largest absolute Gasteiger partial charge is 0.384 e. The van der Waals surface area contributed by atoms with E-state index in [0.717, 1.165) is 18.5 Å². The Bertz CT molecular complexity index is 282. The summed E-state index contributed by atoms with van der Waals surface area (Å²) < 4.78 is 7.05. The number of nitrogens with two attached hydrogens (primary N) is 1. The summed E-state index contributed by atoms with van der Waals surface area (Å²) in [5, 5.41) is 4.28. The van der Waals surface area contributed by atoms with Gasteiger partial charge < -0.3 is 10.5 Å². The first kappa shape index (κ1) is 7.61. The quantitative estimate of drug-likeness (QED) is 0.703. The van der Waals surface area contributed by atoms with Crippen LogP contribution in [0.2, 0.25) is 0 Å². The minimum Gasteiger partial charge on any atom is -0.384 e. The van der Waals surface area contributed by atoms with Crippen molar-refractivity contribution in [2.75, 3.05) is 12.8 Å². The number of methoxy groups -OCH3 is 1. The summed E-state index contributed by atoms with van der Waals surface area (Å²) in [6.07, 6.45) is 2.11. The fraction of sp³-hybridized carbons (Fsp3) is 0.625. The van der Waals surface area contributed by atoms with Gasteiger partial charge in [0.25, 0.3) is 0 Å². The SMILES string of the molecule is COC1(c2cc(N)n(C)n2)CC1. The van der Waals surface area contributed by atoms with Crippen LogP contribution in [0, 0.1) is 0 Å². The van der Waals surface area contributed by atoms with Crippen LogP contribution in [0.15, 0.2) is 6.07 Å². The molecule has 1 saturated carbocycles. The smallest absolute Gasteiger partial charge is 0.121 e. The normalized spacial score (nSPS) is 19.5. The number of aromatic nitrogens is 2. The van der Waals surface area contributed by atoms with E-state index < -0.39 is 0 Å². The van der Waals surface area contributed by atoms with Crippen molar-refractivity contribution < 1.29 is 4.74 Å². The minimum absolute atomic E-state index is 0.116. The summed E-state index contributed by atoms with van der Waals surface area (Å²) in [6, 6.07) is 1.89. The predicted octanol–water partition coefficient (Wildman–Crippen LogP) is 0.638. The zero-order chi connectivity index (χ0) is 8.77. The van der Waals surface area contributed by atoms with Gasteiger partial charge in [-0.25, -0.2) is 0 Å². The molecule has 4 heteroatoms. The van der Waals surface area contributed by atoms with Gasteiger partial charge in [0.2, 0.25) is 0 Å². The summed E-state index contributed by atoms with van der Waals surface area (Å²) >= 11 is 0. The molecular formula is C8H13N3O. The molecule has 1 aromatic rings. The fourth-order valence-electron chi connectivity index (χ4n) is 1.38. The summed E-state index contributed by atoms with van der Waals surface area (Å²) in [7, 11) is 3.56. The molecule has 2 N–H and O–H groups in total. The molecule has 0 bridgehead atoms. The highest BCUT2D eigenvalue weighted by atomic mass is 16.5. The molecule has 12 heavy (non-hydrogen) atoms. The molecule has 1 heterocycles. The van der Waals surface area contributed by atoms with Gasteiger partial charge in [0.05, 0.1) is 5.69 Å². The first-order valence-corrected chi connectivity index (χ1v) is 4.03. The second-order valence-electron chi connectivity index (χ2n) is 3.28. The van der Waals surface area contributed by atoms with Gasteiger partial charge in [0, 0.05) is 20.2 Å². The molecule has 0 amide bonds. The number of hydrogen-bond acceptors (Lipinski definition) is 3. The van der Waals surface area contributed by atoms with Crippen LogP contribution in [0.1, 0.15) is 18.5 Å². The molecule has 66 valence electrons. The number of aryl methyl sites for hydroxylation is 1. The molecule has 2 rings (SSSR count). The van der Waals surface area contributed by atoms with Crippen molar-refractivity contribution in [1.29, 1.82) is 0 Å². The van der Waals surface area contributed by atoms with E-state index >= 15 is 0 Å². The second kappa shape index (κ2) is 2.23. The minimum atomic E-state index is -0.116. The molecule has 1 aliphatic rings. The van der Waals surface area contributed by atoms with Gasteiger partial charge in [0.1, 0.15) is 11.4 Å². The monoisotopic (exact) mass is 167 g/mol. The molecule has 0 saturated heterocycles. The van der Waals surface area contributed by atoms with E-state index in [0.29, 0.717) is 5.82 Å². The molecule has 1 fully saturated rings. The molecule has 1 aromatic heterocycles. The Labute approximate surface area is 71.3 Å². The summed E-state index contributed by atoms with van der Waals surface area (Å²) in [4.78, 5) is 0. The van der Waals surface area contributed by atoms with Crippen LogP contribution in [0.5, 0.6) is 0 Å². The van der Waals surface area contributed by atoms with Crippen LogP contribution in [0.3, 0.4) is 0 Å². The van der Waals surface area contributed by atoms with Gasteiger partial charge in [0.15, 0.2) is 0 Å². The molecule has 1 aliphatic carbocycles. The summed E-state index contributed by atoms with van der Waals surface area (Å²) in [5.74, 6) is 0.688. The van der Waals surface area contributed by atoms with E-state index in [4.69, 9.17) is 10.5 Å². The Hall–Kier alpha value is -1.03. The lowest BCUT2D eigenvalue weighted by molar-refractivity contribution is 0.0747. The molecule has 0 spiro atoms. The van der Waals surface area contributed by atoms with E-state index in [2.05, 4.69) is 5.10 Å². The molecule has 0 atom stereocenters.